The van der Waals surface area contributed by atoms with Crippen LogP contribution in [0.15, 0.2) is 54.7 Å². The van der Waals surface area contributed by atoms with Crippen LogP contribution in [-0.2, 0) is 0 Å². The Kier molecular flexibility index (Phi) is 5.02. The van der Waals surface area contributed by atoms with E-state index >= 15 is 0 Å². The van der Waals surface area contributed by atoms with Crippen LogP contribution in [0, 0.1) is 11.6 Å². The number of carbonyl (C=O) groups excluding carboxylic acids is 1. The molecular formula is C18H14F2N4O2. The number of nitrogens with zero attached hydrogens (tertiary/aromatic N) is 2. The molecule has 0 spiro atoms. The molecule has 2 aromatic carbocycles. The van der Waals surface area contributed by atoms with Gasteiger partial charge >= 0.3 is 0 Å². The van der Waals surface area contributed by atoms with Crippen molar-refractivity contribution in [1.29, 1.82) is 0 Å². The largest absolute Gasteiger partial charge is 0.497 e. The van der Waals surface area contributed by atoms with Crippen molar-refractivity contribution in [3.8, 4) is 5.75 Å². The lowest BCUT2D eigenvalue weighted by molar-refractivity contribution is 0.102. The summed E-state index contributed by atoms with van der Waals surface area (Å²) in [6.45, 7) is 0. The Bertz CT molecular complexity index is 950. The fourth-order valence-electron chi connectivity index (χ4n) is 2.15. The average Bonchev–Trinajstić information content (AvgIpc) is 2.64. The summed E-state index contributed by atoms with van der Waals surface area (Å²) < 4.78 is 31.8. The number of ether oxygens (including phenoxy) is 1. The van der Waals surface area contributed by atoms with Gasteiger partial charge in [0, 0.05) is 24.0 Å². The number of halogens is 2. The van der Waals surface area contributed by atoms with E-state index in [0.29, 0.717) is 11.4 Å². The van der Waals surface area contributed by atoms with Crippen LogP contribution in [0.5, 0.6) is 5.75 Å². The van der Waals surface area contributed by atoms with Gasteiger partial charge in [0.15, 0.2) is 0 Å². The van der Waals surface area contributed by atoms with E-state index in [4.69, 9.17) is 4.74 Å². The highest BCUT2D eigenvalue weighted by molar-refractivity contribution is 6.03. The SMILES string of the molecule is COc1cccc(NC(=O)c2ccnc(Nc3ccc(F)cc3F)n2)c1. The molecule has 0 saturated heterocycles. The molecule has 0 saturated carbocycles. The topological polar surface area (TPSA) is 76.1 Å². The first-order valence-corrected chi connectivity index (χ1v) is 7.55. The maximum Gasteiger partial charge on any atom is 0.274 e. The van der Waals surface area contributed by atoms with E-state index in [2.05, 4.69) is 20.6 Å². The first kappa shape index (κ1) is 17.3. The van der Waals surface area contributed by atoms with E-state index in [0.717, 1.165) is 12.1 Å². The lowest BCUT2D eigenvalue weighted by atomic mass is 10.3. The highest BCUT2D eigenvalue weighted by Gasteiger charge is 2.11. The van der Waals surface area contributed by atoms with Gasteiger partial charge < -0.3 is 15.4 Å². The fourth-order valence-corrected chi connectivity index (χ4v) is 2.15. The lowest BCUT2D eigenvalue weighted by Gasteiger charge is -2.09. The third kappa shape index (κ3) is 4.10. The van der Waals surface area contributed by atoms with Gasteiger partial charge in [-0.05, 0) is 30.3 Å². The van der Waals surface area contributed by atoms with E-state index in [1.165, 1.54) is 25.4 Å². The molecule has 1 amide bonds. The molecule has 1 aromatic heterocycles. The number of rotatable bonds is 5. The Labute approximate surface area is 147 Å². The first-order chi connectivity index (χ1) is 12.5. The predicted molar refractivity (Wildman–Crippen MR) is 92.6 cm³/mol. The molecule has 0 bridgehead atoms. The third-order valence-electron chi connectivity index (χ3n) is 3.39. The molecule has 1 heterocycles. The highest BCUT2D eigenvalue weighted by atomic mass is 19.1. The van der Waals surface area contributed by atoms with E-state index in [1.807, 2.05) is 0 Å². The van der Waals surface area contributed by atoms with E-state index in [-0.39, 0.29) is 17.3 Å². The van der Waals surface area contributed by atoms with Crippen molar-refractivity contribution in [3.05, 3.63) is 72.1 Å². The fraction of sp³-hybridized carbons (Fsp3) is 0.0556. The van der Waals surface area contributed by atoms with Gasteiger partial charge in [-0.25, -0.2) is 18.7 Å². The molecule has 0 fully saturated rings. The smallest absolute Gasteiger partial charge is 0.274 e. The van der Waals surface area contributed by atoms with Crippen molar-refractivity contribution >= 4 is 23.2 Å². The summed E-state index contributed by atoms with van der Waals surface area (Å²) in [6.07, 6.45) is 1.36. The normalized spacial score (nSPS) is 10.3. The average molecular weight is 356 g/mol. The Hall–Kier alpha value is -3.55. The number of aromatic nitrogens is 2. The maximum absolute atomic E-state index is 13.7. The van der Waals surface area contributed by atoms with Gasteiger partial charge in [0.2, 0.25) is 5.95 Å². The zero-order chi connectivity index (χ0) is 18.5. The molecule has 132 valence electrons. The number of benzene rings is 2. The van der Waals surface area contributed by atoms with Crippen LogP contribution < -0.4 is 15.4 Å². The predicted octanol–water partition coefficient (Wildman–Crippen LogP) is 3.76. The number of carbonyl (C=O) groups is 1. The minimum Gasteiger partial charge on any atom is -0.497 e. The van der Waals surface area contributed by atoms with Crippen LogP contribution in [-0.4, -0.2) is 23.0 Å². The summed E-state index contributed by atoms with van der Waals surface area (Å²) in [6, 6.07) is 11.3. The molecule has 0 unspecified atom stereocenters. The van der Waals surface area contributed by atoms with E-state index in [9.17, 15) is 13.6 Å². The zero-order valence-corrected chi connectivity index (χ0v) is 13.7. The second kappa shape index (κ2) is 7.56. The van der Waals surface area contributed by atoms with Crippen molar-refractivity contribution in [2.24, 2.45) is 0 Å². The van der Waals surface area contributed by atoms with Crippen molar-refractivity contribution in [2.75, 3.05) is 17.7 Å². The van der Waals surface area contributed by atoms with E-state index in [1.54, 1.807) is 24.3 Å². The van der Waals surface area contributed by atoms with Gasteiger partial charge in [-0.3, -0.25) is 4.79 Å². The molecule has 0 aliphatic heterocycles. The van der Waals surface area contributed by atoms with Gasteiger partial charge in [0.1, 0.15) is 23.1 Å². The second-order valence-electron chi connectivity index (χ2n) is 5.20. The summed E-state index contributed by atoms with van der Waals surface area (Å²) in [5.41, 5.74) is 0.608. The number of anilines is 3. The van der Waals surface area contributed by atoms with Crippen LogP contribution in [0.25, 0.3) is 0 Å². The van der Waals surface area contributed by atoms with Crippen LogP contribution in [0.2, 0.25) is 0 Å². The second-order valence-corrected chi connectivity index (χ2v) is 5.20. The van der Waals surface area contributed by atoms with Crippen LogP contribution in [0.4, 0.5) is 26.1 Å². The molecule has 3 rings (SSSR count). The summed E-state index contributed by atoms with van der Waals surface area (Å²) in [5.74, 6) is -1.35. The van der Waals surface area contributed by atoms with Crippen LogP contribution >= 0.6 is 0 Å². The Morgan fingerprint density at radius 2 is 1.96 bits per heavy atom. The van der Waals surface area contributed by atoms with Crippen molar-refractivity contribution in [3.63, 3.8) is 0 Å². The monoisotopic (exact) mass is 356 g/mol. The summed E-state index contributed by atoms with van der Waals surface area (Å²) >= 11 is 0. The van der Waals surface area contributed by atoms with Gasteiger partial charge in [0.05, 0.1) is 12.8 Å². The third-order valence-corrected chi connectivity index (χ3v) is 3.39. The number of amides is 1. The first-order valence-electron chi connectivity index (χ1n) is 7.55. The Balaban J connectivity index is 1.76. The molecule has 8 heteroatoms. The quantitative estimate of drug-likeness (QED) is 0.728. The van der Waals surface area contributed by atoms with Crippen LogP contribution in [0.3, 0.4) is 0 Å². The molecule has 0 aliphatic rings. The number of hydrogen-bond donors (Lipinski definition) is 2. The number of methoxy groups -OCH3 is 1. The lowest BCUT2D eigenvalue weighted by Crippen LogP contribution is -2.15. The summed E-state index contributed by atoms with van der Waals surface area (Å²) in [7, 11) is 1.53. The molecule has 0 atom stereocenters. The number of nitrogens with one attached hydrogen (secondary N) is 2. The van der Waals surface area contributed by atoms with Crippen LogP contribution in [0.1, 0.15) is 10.5 Å². The molecular weight excluding hydrogens is 342 g/mol. The number of hydrogen-bond acceptors (Lipinski definition) is 5. The molecule has 6 nitrogen and oxygen atoms in total. The zero-order valence-electron chi connectivity index (χ0n) is 13.7. The van der Waals surface area contributed by atoms with Gasteiger partial charge in [-0.1, -0.05) is 6.07 Å². The van der Waals surface area contributed by atoms with Crippen molar-refractivity contribution < 1.29 is 18.3 Å². The minimum atomic E-state index is -0.792. The standard InChI is InChI=1S/C18H14F2N4O2/c1-26-13-4-2-3-12(10-13)22-17(25)16-7-8-21-18(24-16)23-15-6-5-11(19)9-14(15)20/h2-10H,1H3,(H,22,25)(H,21,23,24). The maximum atomic E-state index is 13.7. The Morgan fingerprint density at radius 1 is 1.12 bits per heavy atom. The molecule has 0 radical (unpaired) electrons. The Morgan fingerprint density at radius 3 is 2.73 bits per heavy atom. The van der Waals surface area contributed by atoms with Gasteiger partial charge in [0.25, 0.3) is 5.91 Å². The highest BCUT2D eigenvalue weighted by Crippen LogP contribution is 2.19. The van der Waals surface area contributed by atoms with E-state index < -0.39 is 17.5 Å². The molecule has 3 aromatic rings. The minimum absolute atomic E-state index is 0.00301. The molecule has 2 N–H and O–H groups in total. The van der Waals surface area contributed by atoms with Crippen molar-refractivity contribution in [1.82, 2.24) is 9.97 Å². The summed E-state index contributed by atoms with van der Waals surface area (Å²) in [4.78, 5) is 20.3. The van der Waals surface area contributed by atoms with Gasteiger partial charge in [-0.15, -0.1) is 0 Å². The molecule has 26 heavy (non-hydrogen) atoms. The van der Waals surface area contributed by atoms with Gasteiger partial charge in [-0.2, -0.15) is 0 Å². The molecule has 0 aliphatic carbocycles. The summed E-state index contributed by atoms with van der Waals surface area (Å²) in [5, 5.41) is 5.30. The van der Waals surface area contributed by atoms with Crippen molar-refractivity contribution in [2.45, 2.75) is 0 Å².